The second-order valence-electron chi connectivity index (χ2n) is 6.72. The Morgan fingerprint density at radius 1 is 1.33 bits per heavy atom. The third kappa shape index (κ3) is 3.26. The van der Waals surface area contributed by atoms with Crippen molar-refractivity contribution in [2.45, 2.75) is 18.9 Å². The van der Waals surface area contributed by atoms with Crippen molar-refractivity contribution in [3.8, 4) is 11.4 Å². The number of benzene rings is 2. The molecule has 1 amide bonds. The fraction of sp³-hybridized carbons (Fsp3) is 0.263. The van der Waals surface area contributed by atoms with Crippen molar-refractivity contribution in [1.82, 2.24) is 25.5 Å². The molecule has 0 saturated heterocycles. The van der Waals surface area contributed by atoms with Crippen molar-refractivity contribution < 1.29 is 14.6 Å². The monoisotopic (exact) mass is 365 g/mol. The maximum Gasteiger partial charge on any atom is 0.251 e. The van der Waals surface area contributed by atoms with Gasteiger partial charge in [-0.2, -0.15) is 0 Å². The molecule has 2 heterocycles. The molecule has 138 valence electrons. The van der Waals surface area contributed by atoms with Gasteiger partial charge in [0.2, 0.25) is 0 Å². The Morgan fingerprint density at radius 2 is 2.19 bits per heavy atom. The number of aliphatic hydroxyl groups excluding tert-OH is 1. The Kier molecular flexibility index (Phi) is 4.33. The number of hydrogen-bond acceptors (Lipinski definition) is 6. The average Bonchev–Trinajstić information content (AvgIpc) is 3.22. The molecule has 4 rings (SSSR count). The van der Waals surface area contributed by atoms with Crippen molar-refractivity contribution in [2.24, 2.45) is 0 Å². The van der Waals surface area contributed by atoms with E-state index in [1.807, 2.05) is 31.2 Å². The van der Waals surface area contributed by atoms with E-state index >= 15 is 0 Å². The molecule has 1 unspecified atom stereocenters. The van der Waals surface area contributed by atoms with Gasteiger partial charge < -0.3 is 15.2 Å². The van der Waals surface area contributed by atoms with E-state index in [-0.39, 0.29) is 19.1 Å². The van der Waals surface area contributed by atoms with Crippen molar-refractivity contribution in [2.75, 3.05) is 13.2 Å². The topological polar surface area (TPSA) is 102 Å². The Morgan fingerprint density at radius 3 is 2.93 bits per heavy atom. The number of nitrogens with one attached hydrogen (secondary N) is 1. The molecule has 0 aliphatic carbocycles. The molecule has 27 heavy (non-hydrogen) atoms. The Bertz CT molecular complexity index is 973. The fourth-order valence-corrected chi connectivity index (χ4v) is 3.28. The highest BCUT2D eigenvalue weighted by molar-refractivity contribution is 5.95. The van der Waals surface area contributed by atoms with E-state index in [4.69, 9.17) is 4.74 Å². The van der Waals surface area contributed by atoms with Crippen LogP contribution in [0.2, 0.25) is 0 Å². The van der Waals surface area contributed by atoms with E-state index in [1.54, 1.807) is 18.2 Å². The molecule has 2 N–H and O–H groups in total. The molecule has 0 bridgehead atoms. The minimum absolute atomic E-state index is 0.214. The summed E-state index contributed by atoms with van der Waals surface area (Å²) in [6.07, 6.45) is 2.01. The number of carbonyl (C=O) groups excluding carboxylic acids is 1. The van der Waals surface area contributed by atoms with Gasteiger partial charge in [0.15, 0.2) is 0 Å². The third-order valence-electron chi connectivity index (χ3n) is 4.74. The number of para-hydroxylation sites is 1. The number of tetrazole rings is 1. The molecule has 1 aromatic heterocycles. The number of fused-ring (bicyclic) bond motifs is 1. The minimum Gasteiger partial charge on any atom is -0.491 e. The summed E-state index contributed by atoms with van der Waals surface area (Å²) in [6, 6.07) is 12.9. The van der Waals surface area contributed by atoms with Gasteiger partial charge in [0.05, 0.1) is 12.3 Å². The van der Waals surface area contributed by atoms with Gasteiger partial charge in [0, 0.05) is 12.0 Å². The normalized spacial score (nSPS) is 18.4. The van der Waals surface area contributed by atoms with E-state index in [2.05, 4.69) is 20.8 Å². The highest BCUT2D eigenvalue weighted by atomic mass is 16.5. The summed E-state index contributed by atoms with van der Waals surface area (Å²) in [5.74, 6) is 0.524. The molecular weight excluding hydrogens is 346 g/mol. The zero-order valence-corrected chi connectivity index (χ0v) is 14.8. The van der Waals surface area contributed by atoms with Crippen LogP contribution in [0.4, 0.5) is 0 Å². The van der Waals surface area contributed by atoms with E-state index < -0.39 is 5.54 Å². The van der Waals surface area contributed by atoms with Crippen molar-refractivity contribution in [1.29, 1.82) is 0 Å². The second kappa shape index (κ2) is 6.81. The lowest BCUT2D eigenvalue weighted by Gasteiger charge is -2.37. The highest BCUT2D eigenvalue weighted by Crippen LogP contribution is 2.29. The van der Waals surface area contributed by atoms with Crippen LogP contribution < -0.4 is 10.1 Å². The van der Waals surface area contributed by atoms with Crippen LogP contribution in [-0.4, -0.2) is 50.0 Å². The van der Waals surface area contributed by atoms with Gasteiger partial charge in [-0.15, -0.1) is 5.10 Å². The number of hydrogen-bond donors (Lipinski definition) is 2. The predicted molar refractivity (Wildman–Crippen MR) is 96.8 cm³/mol. The lowest BCUT2D eigenvalue weighted by molar-refractivity contribution is 0.0653. The molecule has 1 atom stereocenters. The molecule has 8 nitrogen and oxygen atoms in total. The molecule has 1 aliphatic rings. The molecule has 0 fully saturated rings. The first-order valence-electron chi connectivity index (χ1n) is 8.58. The van der Waals surface area contributed by atoms with E-state index in [1.165, 1.54) is 11.0 Å². The highest BCUT2D eigenvalue weighted by Gasteiger charge is 2.37. The van der Waals surface area contributed by atoms with Crippen molar-refractivity contribution in [3.63, 3.8) is 0 Å². The van der Waals surface area contributed by atoms with Crippen LogP contribution in [-0.2, 0) is 6.42 Å². The number of rotatable bonds is 4. The number of amides is 1. The Labute approximate surface area is 155 Å². The van der Waals surface area contributed by atoms with Crippen molar-refractivity contribution >= 4 is 5.91 Å². The fourth-order valence-electron chi connectivity index (χ4n) is 3.28. The van der Waals surface area contributed by atoms with Crippen LogP contribution >= 0.6 is 0 Å². The number of nitrogens with zero attached hydrogens (tertiary/aromatic N) is 4. The first-order chi connectivity index (χ1) is 13.1. The van der Waals surface area contributed by atoms with E-state index in [0.717, 1.165) is 22.6 Å². The van der Waals surface area contributed by atoms with Gasteiger partial charge in [-0.3, -0.25) is 4.79 Å². The van der Waals surface area contributed by atoms with E-state index in [9.17, 15) is 9.90 Å². The zero-order chi connectivity index (χ0) is 18.9. The number of aryl methyl sites for hydroxylation is 1. The van der Waals surface area contributed by atoms with E-state index in [0.29, 0.717) is 12.0 Å². The van der Waals surface area contributed by atoms with Gasteiger partial charge in [0.1, 0.15) is 24.2 Å². The zero-order valence-electron chi connectivity index (χ0n) is 14.8. The molecule has 3 aromatic rings. The summed E-state index contributed by atoms with van der Waals surface area (Å²) in [6.45, 7) is 1.89. The SMILES string of the molecule is Cc1cc(C(=O)NC2(CO)COc3ccccc3C2)ccc1-n1cnnn1. The van der Waals surface area contributed by atoms with Crippen LogP contribution in [0.5, 0.6) is 5.75 Å². The minimum atomic E-state index is -0.853. The lowest BCUT2D eigenvalue weighted by Crippen LogP contribution is -2.58. The van der Waals surface area contributed by atoms with Crippen LogP contribution in [0.1, 0.15) is 21.5 Å². The maximum absolute atomic E-state index is 12.8. The summed E-state index contributed by atoms with van der Waals surface area (Å²) < 4.78 is 7.30. The summed E-state index contributed by atoms with van der Waals surface area (Å²) in [7, 11) is 0. The first-order valence-corrected chi connectivity index (χ1v) is 8.58. The van der Waals surface area contributed by atoms with Gasteiger partial charge in [-0.1, -0.05) is 18.2 Å². The number of ether oxygens (including phenoxy) is 1. The summed E-state index contributed by atoms with van der Waals surface area (Å²) in [5.41, 5.74) is 2.26. The standard InChI is InChI=1S/C19H19N5O3/c1-13-8-14(6-7-16(13)24-12-20-22-23-24)18(26)21-19(10-25)9-15-4-2-3-5-17(15)27-11-19/h2-8,12,25H,9-11H2,1H3,(H,21,26). The summed E-state index contributed by atoms with van der Waals surface area (Å²) >= 11 is 0. The van der Waals surface area contributed by atoms with Crippen LogP contribution in [0.25, 0.3) is 5.69 Å². The number of carbonyl (C=O) groups is 1. The Balaban J connectivity index is 1.55. The summed E-state index contributed by atoms with van der Waals surface area (Å²) in [4.78, 5) is 12.8. The van der Waals surface area contributed by atoms with Crippen LogP contribution in [0.15, 0.2) is 48.8 Å². The molecular formula is C19H19N5O3. The number of aromatic nitrogens is 4. The van der Waals surface area contributed by atoms with Gasteiger partial charge in [-0.05, 0) is 52.7 Å². The van der Waals surface area contributed by atoms with Crippen LogP contribution in [0, 0.1) is 6.92 Å². The van der Waals surface area contributed by atoms with Gasteiger partial charge in [0.25, 0.3) is 5.91 Å². The second-order valence-corrected chi connectivity index (χ2v) is 6.72. The van der Waals surface area contributed by atoms with Crippen LogP contribution in [0.3, 0.4) is 0 Å². The quantitative estimate of drug-likeness (QED) is 0.717. The smallest absolute Gasteiger partial charge is 0.251 e. The first kappa shape index (κ1) is 17.2. The lowest BCUT2D eigenvalue weighted by atomic mass is 9.89. The third-order valence-corrected chi connectivity index (χ3v) is 4.74. The molecule has 1 aliphatic heterocycles. The van der Waals surface area contributed by atoms with Crippen molar-refractivity contribution in [3.05, 3.63) is 65.5 Å². The molecule has 0 spiro atoms. The van der Waals surface area contributed by atoms with Gasteiger partial charge in [-0.25, -0.2) is 4.68 Å². The Hall–Kier alpha value is -3.26. The average molecular weight is 365 g/mol. The largest absolute Gasteiger partial charge is 0.491 e. The maximum atomic E-state index is 12.8. The molecule has 0 radical (unpaired) electrons. The molecule has 0 saturated carbocycles. The molecule has 8 heteroatoms. The predicted octanol–water partition coefficient (Wildman–Crippen LogP) is 1.07. The molecule has 2 aromatic carbocycles. The number of aliphatic hydroxyl groups is 1. The van der Waals surface area contributed by atoms with Gasteiger partial charge >= 0.3 is 0 Å². The summed E-state index contributed by atoms with van der Waals surface area (Å²) in [5, 5.41) is 24.0.